The monoisotopic (exact) mass is 368 g/mol. The number of aromatic nitrogens is 2. The van der Waals surface area contributed by atoms with E-state index < -0.39 is 9.05 Å². The van der Waals surface area contributed by atoms with E-state index in [0.29, 0.717) is 12.4 Å². The summed E-state index contributed by atoms with van der Waals surface area (Å²) < 4.78 is 30.0. The number of aryl methyl sites for hydroxylation is 1. The molecule has 0 aliphatic rings. The Morgan fingerprint density at radius 2 is 2.00 bits per heavy atom. The summed E-state index contributed by atoms with van der Waals surface area (Å²) in [5, 5.41) is 0.111. The Hall–Kier alpha value is -0.950. The first kappa shape index (κ1) is 16.4. The zero-order chi connectivity index (χ0) is 15.5. The van der Waals surface area contributed by atoms with E-state index in [1.165, 1.54) is 12.1 Å². The van der Waals surface area contributed by atoms with Gasteiger partial charge in [0.15, 0.2) is 0 Å². The Balaban J connectivity index is 1.99. The fraction of sp³-hybridized carbons (Fsp3) is 0.250. The molecule has 2 aromatic rings. The van der Waals surface area contributed by atoms with Crippen molar-refractivity contribution >= 4 is 42.9 Å². The summed E-state index contributed by atoms with van der Waals surface area (Å²) in [6.45, 7) is 1.15. The van der Waals surface area contributed by atoms with Gasteiger partial charge in [-0.25, -0.2) is 13.4 Å². The molecule has 114 valence electrons. The lowest BCUT2D eigenvalue weighted by Gasteiger charge is -2.10. The zero-order valence-corrected chi connectivity index (χ0v) is 13.8. The fourth-order valence-electron chi connectivity index (χ4n) is 1.66. The molecule has 2 rings (SSSR count). The van der Waals surface area contributed by atoms with Gasteiger partial charge in [-0.1, -0.05) is 23.2 Å². The predicted octanol–water partition coefficient (Wildman–Crippen LogP) is 3.59. The van der Waals surface area contributed by atoms with E-state index in [9.17, 15) is 8.42 Å². The van der Waals surface area contributed by atoms with Crippen molar-refractivity contribution < 1.29 is 13.2 Å². The molecule has 0 saturated carbocycles. The number of nitrogens with zero attached hydrogens (tertiary/aromatic N) is 2. The molecular formula is C12H11Cl3N2O3S. The van der Waals surface area contributed by atoms with Crippen LogP contribution in [0.3, 0.4) is 0 Å². The second-order valence-corrected chi connectivity index (χ2v) is 7.50. The molecule has 0 amide bonds. The summed E-state index contributed by atoms with van der Waals surface area (Å²) >= 11 is 11.8. The lowest BCUT2D eigenvalue weighted by atomic mass is 10.3. The van der Waals surface area contributed by atoms with Crippen molar-refractivity contribution in [2.75, 3.05) is 6.61 Å². The van der Waals surface area contributed by atoms with E-state index in [4.69, 9.17) is 38.6 Å². The van der Waals surface area contributed by atoms with Gasteiger partial charge in [0.05, 0.1) is 23.0 Å². The van der Waals surface area contributed by atoms with Crippen molar-refractivity contribution in [1.82, 2.24) is 9.55 Å². The van der Waals surface area contributed by atoms with Gasteiger partial charge in [0, 0.05) is 35.7 Å². The number of rotatable bonds is 6. The quantitative estimate of drug-likeness (QED) is 0.577. The van der Waals surface area contributed by atoms with Crippen LogP contribution in [-0.2, 0) is 15.6 Å². The number of hydrogen-bond donors (Lipinski definition) is 0. The Bertz CT molecular complexity index is 718. The molecule has 0 radical (unpaired) electrons. The van der Waals surface area contributed by atoms with Crippen molar-refractivity contribution in [2.24, 2.45) is 0 Å². The van der Waals surface area contributed by atoms with Crippen LogP contribution in [0, 0.1) is 0 Å². The first-order valence-electron chi connectivity index (χ1n) is 5.90. The van der Waals surface area contributed by atoms with Crippen molar-refractivity contribution in [3.63, 3.8) is 0 Å². The van der Waals surface area contributed by atoms with Crippen LogP contribution in [0.15, 0.2) is 35.7 Å². The maximum atomic E-state index is 11.3. The molecular weight excluding hydrogens is 359 g/mol. The van der Waals surface area contributed by atoms with Crippen LogP contribution in [0.5, 0.6) is 5.75 Å². The Kier molecular flexibility index (Phi) is 5.37. The average molecular weight is 370 g/mol. The van der Waals surface area contributed by atoms with Crippen molar-refractivity contribution in [3.8, 4) is 5.75 Å². The van der Waals surface area contributed by atoms with Gasteiger partial charge in [-0.3, -0.25) is 0 Å². The summed E-state index contributed by atoms with van der Waals surface area (Å²) in [6.07, 6.45) is 6.00. The first-order valence-corrected chi connectivity index (χ1v) is 8.96. The topological polar surface area (TPSA) is 61.2 Å². The normalized spacial score (nSPS) is 11.6. The molecule has 9 heteroatoms. The Morgan fingerprint density at radius 1 is 1.24 bits per heavy atom. The van der Waals surface area contributed by atoms with Crippen LogP contribution in [-0.4, -0.2) is 24.6 Å². The van der Waals surface area contributed by atoms with E-state index >= 15 is 0 Å². The third-order valence-corrected chi connectivity index (χ3v) is 4.71. The molecule has 0 aliphatic heterocycles. The Labute approximate surface area is 136 Å². The largest absolute Gasteiger partial charge is 0.492 e. The van der Waals surface area contributed by atoms with Gasteiger partial charge >= 0.3 is 0 Å². The molecule has 0 fully saturated rings. The molecule has 21 heavy (non-hydrogen) atoms. The molecule has 1 aromatic carbocycles. The lowest BCUT2D eigenvalue weighted by Crippen LogP contribution is -2.04. The highest BCUT2D eigenvalue weighted by Crippen LogP contribution is 2.35. The summed E-state index contributed by atoms with van der Waals surface area (Å²) in [4.78, 5) is 3.70. The van der Waals surface area contributed by atoms with Crippen LogP contribution in [0.1, 0.15) is 6.42 Å². The minimum atomic E-state index is -3.94. The number of benzene rings is 1. The van der Waals surface area contributed by atoms with Gasteiger partial charge in [0.1, 0.15) is 10.6 Å². The van der Waals surface area contributed by atoms with E-state index in [1.54, 1.807) is 12.5 Å². The average Bonchev–Trinajstić information content (AvgIpc) is 2.90. The Morgan fingerprint density at radius 3 is 2.62 bits per heavy atom. The van der Waals surface area contributed by atoms with Crippen LogP contribution in [0.4, 0.5) is 0 Å². The smallest absolute Gasteiger partial charge is 0.262 e. The molecule has 5 nitrogen and oxygen atoms in total. The van der Waals surface area contributed by atoms with Gasteiger partial charge in [-0.2, -0.15) is 0 Å². The first-order chi connectivity index (χ1) is 9.88. The van der Waals surface area contributed by atoms with Gasteiger partial charge in [0.2, 0.25) is 0 Å². The minimum Gasteiger partial charge on any atom is -0.492 e. The van der Waals surface area contributed by atoms with Crippen LogP contribution in [0.25, 0.3) is 0 Å². The molecule has 1 heterocycles. The number of hydrogen-bond acceptors (Lipinski definition) is 4. The minimum absolute atomic E-state index is 0.0287. The van der Waals surface area contributed by atoms with Gasteiger partial charge in [0.25, 0.3) is 9.05 Å². The maximum Gasteiger partial charge on any atom is 0.262 e. The lowest BCUT2D eigenvalue weighted by molar-refractivity contribution is 0.302. The third kappa shape index (κ3) is 4.51. The standard InChI is InChI=1S/C12H11Cl3N2O3S/c13-9-7-12(21(15,18)19)10(14)6-11(9)20-5-1-3-17-4-2-16-8-17/h2,4,6-8H,1,3,5H2. The van der Waals surface area contributed by atoms with Crippen molar-refractivity contribution in [2.45, 2.75) is 17.9 Å². The highest BCUT2D eigenvalue weighted by molar-refractivity contribution is 8.13. The number of halogens is 3. The van der Waals surface area contributed by atoms with Gasteiger partial charge in [-0.15, -0.1) is 0 Å². The molecule has 0 atom stereocenters. The third-order valence-electron chi connectivity index (χ3n) is 2.63. The fourth-order valence-corrected chi connectivity index (χ4v) is 3.45. The highest BCUT2D eigenvalue weighted by atomic mass is 35.7. The van der Waals surface area contributed by atoms with Crippen molar-refractivity contribution in [3.05, 3.63) is 40.9 Å². The molecule has 1 aromatic heterocycles. The SMILES string of the molecule is O=S(=O)(Cl)c1cc(Cl)c(OCCCn2ccnc2)cc1Cl. The van der Waals surface area contributed by atoms with E-state index in [-0.39, 0.29) is 14.9 Å². The molecule has 0 spiro atoms. The summed E-state index contributed by atoms with van der Waals surface area (Å²) in [5.74, 6) is 0.316. The molecule has 0 N–H and O–H groups in total. The van der Waals surface area contributed by atoms with Crippen LogP contribution < -0.4 is 4.74 Å². The van der Waals surface area contributed by atoms with Crippen LogP contribution in [0.2, 0.25) is 10.0 Å². The second kappa shape index (κ2) is 6.87. The number of ether oxygens (including phenoxy) is 1. The predicted molar refractivity (Wildman–Crippen MR) is 81.8 cm³/mol. The van der Waals surface area contributed by atoms with E-state index in [2.05, 4.69) is 4.98 Å². The molecule has 0 unspecified atom stereocenters. The second-order valence-electron chi connectivity index (χ2n) is 4.15. The highest BCUT2D eigenvalue weighted by Gasteiger charge is 2.18. The van der Waals surface area contributed by atoms with Gasteiger partial charge < -0.3 is 9.30 Å². The molecule has 0 saturated heterocycles. The maximum absolute atomic E-state index is 11.3. The van der Waals surface area contributed by atoms with Gasteiger partial charge in [-0.05, 0) is 12.5 Å². The summed E-state index contributed by atoms with van der Waals surface area (Å²) in [6, 6.07) is 2.52. The van der Waals surface area contributed by atoms with E-state index in [0.717, 1.165) is 13.0 Å². The summed E-state index contributed by atoms with van der Waals surface area (Å²) in [5.41, 5.74) is 0. The van der Waals surface area contributed by atoms with Crippen molar-refractivity contribution in [1.29, 1.82) is 0 Å². The molecule has 0 bridgehead atoms. The van der Waals surface area contributed by atoms with Crippen LogP contribution >= 0.6 is 33.9 Å². The number of imidazole rings is 1. The zero-order valence-electron chi connectivity index (χ0n) is 10.7. The summed E-state index contributed by atoms with van der Waals surface area (Å²) in [7, 11) is 1.31. The molecule has 0 aliphatic carbocycles. The van der Waals surface area contributed by atoms with E-state index in [1.807, 2.05) is 10.8 Å².